The van der Waals surface area contributed by atoms with E-state index in [9.17, 15) is 19.2 Å². The summed E-state index contributed by atoms with van der Waals surface area (Å²) in [5.74, 6) is -1.68. The van der Waals surface area contributed by atoms with Gasteiger partial charge in [0, 0.05) is 11.6 Å². The highest BCUT2D eigenvalue weighted by Crippen LogP contribution is 2.25. The predicted molar refractivity (Wildman–Crippen MR) is 112 cm³/mol. The minimum absolute atomic E-state index is 0.184. The number of benzene rings is 2. The molecule has 0 radical (unpaired) electrons. The molecule has 0 saturated carbocycles. The molecule has 3 amide bonds. The fraction of sp³-hybridized carbons (Fsp3) is 0.238. The van der Waals surface area contributed by atoms with E-state index < -0.39 is 36.5 Å². The summed E-state index contributed by atoms with van der Waals surface area (Å²) in [5.41, 5.74) is 6.81. The van der Waals surface area contributed by atoms with Crippen molar-refractivity contribution in [2.45, 2.75) is 19.0 Å². The van der Waals surface area contributed by atoms with Gasteiger partial charge in [-0.2, -0.15) is 0 Å². The number of halogens is 1. The molecule has 0 spiro atoms. The highest BCUT2D eigenvalue weighted by atomic mass is 35.5. The molecule has 10 heteroatoms. The fourth-order valence-electron chi connectivity index (χ4n) is 2.67. The Morgan fingerprint density at radius 3 is 2.35 bits per heavy atom. The summed E-state index contributed by atoms with van der Waals surface area (Å²) in [7, 11) is 1.29. The van der Waals surface area contributed by atoms with Crippen LogP contribution in [0.3, 0.4) is 0 Å². The van der Waals surface area contributed by atoms with Gasteiger partial charge in [-0.3, -0.25) is 9.59 Å². The number of nitrogens with two attached hydrogens (primary N) is 1. The molecule has 0 aliphatic carbocycles. The van der Waals surface area contributed by atoms with Crippen molar-refractivity contribution in [3.63, 3.8) is 0 Å². The van der Waals surface area contributed by atoms with E-state index in [1.807, 2.05) is 0 Å². The van der Waals surface area contributed by atoms with Crippen LogP contribution >= 0.6 is 11.6 Å². The van der Waals surface area contributed by atoms with Crippen molar-refractivity contribution < 1.29 is 28.7 Å². The van der Waals surface area contributed by atoms with E-state index in [4.69, 9.17) is 22.1 Å². The minimum atomic E-state index is -0.825. The summed E-state index contributed by atoms with van der Waals surface area (Å²) in [6.07, 6.45) is -0.255. The average Bonchev–Trinajstić information content (AvgIpc) is 2.75. The lowest BCUT2D eigenvalue weighted by molar-refractivity contribution is -0.149. The molecule has 4 N–H and O–H groups in total. The van der Waals surface area contributed by atoms with Gasteiger partial charge >= 0.3 is 18.0 Å². The molecule has 1 unspecified atom stereocenters. The first-order valence-corrected chi connectivity index (χ1v) is 9.58. The zero-order valence-corrected chi connectivity index (χ0v) is 17.5. The van der Waals surface area contributed by atoms with Crippen LogP contribution in [0.5, 0.6) is 0 Å². The fourth-order valence-corrected chi connectivity index (χ4v) is 2.94. The van der Waals surface area contributed by atoms with Crippen LogP contribution in [0.15, 0.2) is 48.5 Å². The standard InChI is InChI=1S/C21H22ClN3O6/c1-30-20(28)14-8-6-13(7-9-14)11-24-18(26)12-31-19(27)10-17(25-21(23)29)15-4-2-3-5-16(15)22/h2-9,17H,10-12H2,1H3,(H,24,26)(H3,23,25,29). The number of hydrogen-bond donors (Lipinski definition) is 3. The topological polar surface area (TPSA) is 137 Å². The third-order valence-electron chi connectivity index (χ3n) is 4.20. The van der Waals surface area contributed by atoms with E-state index in [1.54, 1.807) is 48.5 Å². The minimum Gasteiger partial charge on any atom is -0.465 e. The van der Waals surface area contributed by atoms with Gasteiger partial charge in [-0.15, -0.1) is 0 Å². The molecule has 0 bridgehead atoms. The number of carbonyl (C=O) groups is 4. The van der Waals surface area contributed by atoms with E-state index in [0.29, 0.717) is 16.1 Å². The first-order valence-electron chi connectivity index (χ1n) is 9.20. The van der Waals surface area contributed by atoms with Crippen molar-refractivity contribution >= 4 is 35.5 Å². The molecule has 2 rings (SSSR count). The van der Waals surface area contributed by atoms with Crippen molar-refractivity contribution in [1.29, 1.82) is 0 Å². The van der Waals surface area contributed by atoms with Crippen LogP contribution < -0.4 is 16.4 Å². The van der Waals surface area contributed by atoms with Crippen molar-refractivity contribution in [3.8, 4) is 0 Å². The average molecular weight is 448 g/mol. The molecule has 164 valence electrons. The molecule has 0 aliphatic rings. The molecular weight excluding hydrogens is 426 g/mol. The van der Waals surface area contributed by atoms with Gasteiger partial charge in [0.15, 0.2) is 6.61 Å². The van der Waals surface area contributed by atoms with Gasteiger partial charge in [0.25, 0.3) is 5.91 Å². The van der Waals surface area contributed by atoms with Crippen LogP contribution in [0.1, 0.15) is 33.9 Å². The van der Waals surface area contributed by atoms with Crippen molar-refractivity contribution in [3.05, 3.63) is 70.2 Å². The number of carbonyl (C=O) groups excluding carboxylic acids is 4. The molecule has 2 aromatic carbocycles. The third-order valence-corrected chi connectivity index (χ3v) is 4.54. The summed E-state index contributed by atoms with van der Waals surface area (Å²) in [4.78, 5) is 46.8. The van der Waals surface area contributed by atoms with Gasteiger partial charge in [0.05, 0.1) is 25.1 Å². The van der Waals surface area contributed by atoms with E-state index in [-0.39, 0.29) is 13.0 Å². The zero-order valence-electron chi connectivity index (χ0n) is 16.7. The Morgan fingerprint density at radius 1 is 1.06 bits per heavy atom. The Bertz CT molecular complexity index is 948. The van der Waals surface area contributed by atoms with Crippen LogP contribution in [0.4, 0.5) is 4.79 Å². The molecule has 0 fully saturated rings. The van der Waals surface area contributed by atoms with Crippen LogP contribution in [-0.4, -0.2) is 37.6 Å². The normalized spacial score (nSPS) is 11.2. The van der Waals surface area contributed by atoms with Gasteiger partial charge in [-0.1, -0.05) is 41.9 Å². The van der Waals surface area contributed by atoms with Crippen molar-refractivity contribution in [1.82, 2.24) is 10.6 Å². The Labute approximate surface area is 183 Å². The van der Waals surface area contributed by atoms with Gasteiger partial charge in [-0.25, -0.2) is 9.59 Å². The molecule has 0 aromatic heterocycles. The largest absolute Gasteiger partial charge is 0.465 e. The number of amides is 3. The van der Waals surface area contributed by atoms with Crippen LogP contribution in [0, 0.1) is 0 Å². The molecule has 0 aliphatic heterocycles. The lowest BCUT2D eigenvalue weighted by atomic mass is 10.0. The smallest absolute Gasteiger partial charge is 0.337 e. The van der Waals surface area contributed by atoms with Crippen molar-refractivity contribution in [2.75, 3.05) is 13.7 Å². The Morgan fingerprint density at radius 2 is 1.74 bits per heavy atom. The van der Waals surface area contributed by atoms with Crippen LogP contribution in [0.2, 0.25) is 5.02 Å². The van der Waals surface area contributed by atoms with Gasteiger partial charge in [-0.05, 0) is 29.3 Å². The second kappa shape index (κ2) is 11.6. The number of rotatable bonds is 9. The zero-order chi connectivity index (χ0) is 22.8. The molecule has 9 nitrogen and oxygen atoms in total. The molecule has 0 saturated heterocycles. The van der Waals surface area contributed by atoms with Gasteiger partial charge < -0.3 is 25.8 Å². The molecule has 2 aromatic rings. The summed E-state index contributed by atoms with van der Waals surface area (Å²) < 4.78 is 9.60. The first-order chi connectivity index (χ1) is 14.8. The van der Waals surface area contributed by atoms with E-state index in [2.05, 4.69) is 15.4 Å². The highest BCUT2D eigenvalue weighted by molar-refractivity contribution is 6.31. The maximum Gasteiger partial charge on any atom is 0.337 e. The first kappa shape index (κ1) is 23.7. The maximum atomic E-state index is 12.1. The molecular formula is C21H22ClN3O6. The highest BCUT2D eigenvalue weighted by Gasteiger charge is 2.21. The Kier molecular flexibility index (Phi) is 8.83. The summed E-state index contributed by atoms with van der Waals surface area (Å²) in [5, 5.41) is 5.39. The maximum absolute atomic E-state index is 12.1. The van der Waals surface area contributed by atoms with Crippen LogP contribution in [-0.2, 0) is 25.6 Å². The number of methoxy groups -OCH3 is 1. The van der Waals surface area contributed by atoms with E-state index in [1.165, 1.54) is 7.11 Å². The summed E-state index contributed by atoms with van der Waals surface area (Å²) >= 11 is 6.11. The second-order valence-electron chi connectivity index (χ2n) is 6.41. The number of ether oxygens (including phenoxy) is 2. The van der Waals surface area contributed by atoms with E-state index in [0.717, 1.165) is 5.56 Å². The summed E-state index contributed by atoms with van der Waals surface area (Å²) in [6, 6.07) is 11.5. The van der Waals surface area contributed by atoms with E-state index >= 15 is 0 Å². The van der Waals surface area contributed by atoms with Crippen molar-refractivity contribution in [2.24, 2.45) is 5.73 Å². The number of primary amides is 1. The quantitative estimate of drug-likeness (QED) is 0.503. The second-order valence-corrected chi connectivity index (χ2v) is 6.82. The molecule has 1 atom stereocenters. The molecule has 31 heavy (non-hydrogen) atoms. The Hall–Kier alpha value is -3.59. The van der Waals surface area contributed by atoms with Gasteiger partial charge in [0.2, 0.25) is 0 Å². The predicted octanol–water partition coefficient (Wildman–Crippen LogP) is 2.09. The number of urea groups is 1. The number of esters is 2. The van der Waals surface area contributed by atoms with Crippen LogP contribution in [0.25, 0.3) is 0 Å². The molecule has 0 heterocycles. The number of nitrogens with one attached hydrogen (secondary N) is 2. The van der Waals surface area contributed by atoms with Gasteiger partial charge in [0.1, 0.15) is 0 Å². The lowest BCUT2D eigenvalue weighted by Gasteiger charge is -2.18. The monoisotopic (exact) mass is 447 g/mol. The SMILES string of the molecule is COC(=O)c1ccc(CNC(=O)COC(=O)CC(NC(N)=O)c2ccccc2Cl)cc1. The third kappa shape index (κ3) is 7.63. The Balaban J connectivity index is 1.83. The summed E-state index contributed by atoms with van der Waals surface area (Å²) in [6.45, 7) is -0.311. The lowest BCUT2D eigenvalue weighted by Crippen LogP contribution is -2.35. The number of hydrogen-bond acceptors (Lipinski definition) is 6.